The number of Topliss-reactive ketones (excluding diaryl/α,β-unsaturated/α-hetero) is 1. The first kappa shape index (κ1) is 19.4. The van der Waals surface area contributed by atoms with Gasteiger partial charge in [-0.1, -0.05) is 30.7 Å². The number of benzene rings is 1. The Hall–Kier alpha value is -1.87. The Morgan fingerprint density at radius 2 is 1.79 bits per heavy atom. The number of hydrogen-bond acceptors (Lipinski definition) is 3. The first-order valence-corrected chi connectivity index (χ1v) is 10.9. The number of carbonyl (C=O) groups excluding carboxylic acids is 1. The zero-order chi connectivity index (χ0) is 19.7. The molecule has 1 heterocycles. The van der Waals surface area contributed by atoms with E-state index >= 15 is 0 Å². The monoisotopic (exact) mass is 397 g/mol. The third-order valence-electron chi connectivity index (χ3n) is 6.34. The molecule has 0 bridgehead atoms. The van der Waals surface area contributed by atoms with Crippen LogP contribution in [0.1, 0.15) is 84.6 Å². The van der Waals surface area contributed by atoms with Crippen molar-refractivity contribution in [2.75, 3.05) is 7.11 Å². The molecule has 148 valence electrons. The van der Waals surface area contributed by atoms with Gasteiger partial charge in [0, 0.05) is 11.6 Å². The summed E-state index contributed by atoms with van der Waals surface area (Å²) in [4.78, 5) is 18.1. The van der Waals surface area contributed by atoms with Crippen molar-refractivity contribution in [2.45, 2.75) is 63.7 Å². The average Bonchev–Trinajstić information content (AvgIpc) is 3.58. The molecule has 1 aromatic heterocycles. The van der Waals surface area contributed by atoms with Gasteiger partial charge in [0.25, 0.3) is 0 Å². The number of nitrogens with zero attached hydrogens (tertiary/aromatic N) is 1. The summed E-state index contributed by atoms with van der Waals surface area (Å²) in [6, 6.07) is 10.3. The van der Waals surface area contributed by atoms with Crippen molar-refractivity contribution < 1.29 is 9.53 Å². The molecule has 1 aromatic carbocycles. The highest BCUT2D eigenvalue weighted by molar-refractivity contribution is 6.32. The summed E-state index contributed by atoms with van der Waals surface area (Å²) in [5.74, 6) is 2.09. The number of ketones is 1. The Labute approximate surface area is 172 Å². The number of carbonyl (C=O) groups is 1. The molecule has 28 heavy (non-hydrogen) atoms. The molecule has 2 saturated carbocycles. The minimum absolute atomic E-state index is 0.0991. The van der Waals surface area contributed by atoms with Crippen molar-refractivity contribution in [1.82, 2.24) is 4.98 Å². The van der Waals surface area contributed by atoms with E-state index in [0.717, 1.165) is 43.5 Å². The van der Waals surface area contributed by atoms with Crippen LogP contribution < -0.4 is 4.74 Å². The maximum absolute atomic E-state index is 13.3. The van der Waals surface area contributed by atoms with E-state index in [1.807, 2.05) is 12.1 Å². The Morgan fingerprint density at radius 3 is 2.39 bits per heavy atom. The second-order valence-electron chi connectivity index (χ2n) is 8.18. The molecule has 3 nitrogen and oxygen atoms in total. The van der Waals surface area contributed by atoms with Crippen molar-refractivity contribution in [3.8, 4) is 5.75 Å². The lowest BCUT2D eigenvalue weighted by Gasteiger charge is -2.28. The summed E-state index contributed by atoms with van der Waals surface area (Å²) >= 11 is 6.30. The quantitative estimate of drug-likeness (QED) is 0.534. The van der Waals surface area contributed by atoms with Crippen LogP contribution >= 0.6 is 11.6 Å². The molecule has 0 radical (unpaired) electrons. The van der Waals surface area contributed by atoms with E-state index in [1.54, 1.807) is 7.11 Å². The fourth-order valence-electron chi connectivity index (χ4n) is 4.45. The van der Waals surface area contributed by atoms with Crippen LogP contribution in [0.5, 0.6) is 5.75 Å². The molecule has 2 aliphatic rings. The van der Waals surface area contributed by atoms with Crippen molar-refractivity contribution in [1.29, 1.82) is 0 Å². The number of pyridine rings is 1. The largest absolute Gasteiger partial charge is 0.495 e. The van der Waals surface area contributed by atoms with Crippen molar-refractivity contribution in [3.63, 3.8) is 0 Å². The van der Waals surface area contributed by atoms with Gasteiger partial charge < -0.3 is 4.74 Å². The van der Waals surface area contributed by atoms with Crippen LogP contribution in [0, 0.1) is 5.92 Å². The molecule has 2 fully saturated rings. The maximum Gasteiger partial charge on any atom is 0.184 e. The fraction of sp³-hybridized carbons (Fsp3) is 0.500. The van der Waals surface area contributed by atoms with Crippen LogP contribution in [-0.4, -0.2) is 17.9 Å². The Balaban J connectivity index is 1.47. The number of aryl methyl sites for hydroxylation is 1. The number of aromatic nitrogens is 1. The van der Waals surface area contributed by atoms with Gasteiger partial charge in [-0.15, -0.1) is 0 Å². The van der Waals surface area contributed by atoms with E-state index < -0.39 is 0 Å². The molecule has 2 aliphatic carbocycles. The van der Waals surface area contributed by atoms with Gasteiger partial charge in [0.15, 0.2) is 5.78 Å². The second kappa shape index (κ2) is 8.24. The molecule has 4 rings (SSSR count). The highest BCUT2D eigenvalue weighted by Gasteiger charge is 2.33. The SMILES string of the molecule is CCc1ccc(C2CC2)c(C(=O)C2CCC(c3ccc(OC)c(Cl)c3)CC2)n1. The van der Waals surface area contributed by atoms with E-state index in [-0.39, 0.29) is 11.7 Å². The third kappa shape index (κ3) is 3.96. The van der Waals surface area contributed by atoms with Gasteiger partial charge in [-0.25, -0.2) is 4.98 Å². The van der Waals surface area contributed by atoms with Gasteiger partial charge >= 0.3 is 0 Å². The number of ether oxygens (including phenoxy) is 1. The average molecular weight is 398 g/mol. The van der Waals surface area contributed by atoms with Crippen molar-refractivity contribution in [3.05, 3.63) is 57.9 Å². The summed E-state index contributed by atoms with van der Waals surface area (Å²) in [6.07, 6.45) is 7.15. The Kier molecular flexibility index (Phi) is 5.73. The van der Waals surface area contributed by atoms with E-state index in [2.05, 4.69) is 25.1 Å². The number of rotatable bonds is 6. The van der Waals surface area contributed by atoms with E-state index in [9.17, 15) is 4.79 Å². The highest BCUT2D eigenvalue weighted by atomic mass is 35.5. The van der Waals surface area contributed by atoms with Crippen LogP contribution in [0.2, 0.25) is 5.02 Å². The summed E-state index contributed by atoms with van der Waals surface area (Å²) < 4.78 is 5.26. The van der Waals surface area contributed by atoms with Gasteiger partial charge in [-0.3, -0.25) is 4.79 Å². The molecule has 0 spiro atoms. The number of halogens is 1. The fourth-order valence-corrected chi connectivity index (χ4v) is 4.71. The zero-order valence-electron chi connectivity index (χ0n) is 16.7. The van der Waals surface area contributed by atoms with Gasteiger partial charge in [0.1, 0.15) is 11.4 Å². The molecule has 0 amide bonds. The minimum Gasteiger partial charge on any atom is -0.495 e. The lowest BCUT2D eigenvalue weighted by Crippen LogP contribution is -2.23. The molecule has 0 saturated heterocycles. The van der Waals surface area contributed by atoms with Crippen LogP contribution in [0.25, 0.3) is 0 Å². The van der Waals surface area contributed by atoms with E-state index in [0.29, 0.717) is 22.6 Å². The zero-order valence-corrected chi connectivity index (χ0v) is 17.5. The molecule has 0 N–H and O–H groups in total. The topological polar surface area (TPSA) is 39.2 Å². The minimum atomic E-state index is 0.0991. The second-order valence-corrected chi connectivity index (χ2v) is 8.58. The molecular formula is C24H28ClNO2. The van der Waals surface area contributed by atoms with Gasteiger partial charge in [-0.2, -0.15) is 0 Å². The molecule has 0 unspecified atom stereocenters. The lowest BCUT2D eigenvalue weighted by molar-refractivity contribution is 0.0877. The van der Waals surface area contributed by atoms with Crippen molar-refractivity contribution >= 4 is 17.4 Å². The lowest BCUT2D eigenvalue weighted by atomic mass is 9.76. The van der Waals surface area contributed by atoms with Crippen LogP contribution in [0.4, 0.5) is 0 Å². The molecule has 4 heteroatoms. The standard InChI is InChI=1S/C24H28ClNO2/c1-3-19-11-12-20(16-6-7-16)23(26-19)24(27)17-8-4-15(5-9-17)18-10-13-22(28-2)21(25)14-18/h10-17H,3-9H2,1-2H3. The van der Waals surface area contributed by atoms with Gasteiger partial charge in [0.2, 0.25) is 0 Å². The summed E-state index contributed by atoms with van der Waals surface area (Å²) in [7, 11) is 1.63. The van der Waals surface area contributed by atoms with E-state index in [4.69, 9.17) is 21.3 Å². The Bertz CT molecular complexity index is 867. The Morgan fingerprint density at radius 1 is 1.07 bits per heavy atom. The van der Waals surface area contributed by atoms with E-state index in [1.165, 1.54) is 24.0 Å². The highest BCUT2D eigenvalue weighted by Crippen LogP contribution is 2.43. The molecular weight excluding hydrogens is 370 g/mol. The molecule has 0 aliphatic heterocycles. The molecule has 0 atom stereocenters. The van der Waals surface area contributed by atoms with Crippen LogP contribution in [-0.2, 0) is 6.42 Å². The van der Waals surface area contributed by atoms with Crippen LogP contribution in [0.3, 0.4) is 0 Å². The normalized spacial score (nSPS) is 22.1. The predicted molar refractivity (Wildman–Crippen MR) is 113 cm³/mol. The first-order chi connectivity index (χ1) is 13.6. The summed E-state index contributed by atoms with van der Waals surface area (Å²) in [6.45, 7) is 2.10. The summed E-state index contributed by atoms with van der Waals surface area (Å²) in [5, 5.41) is 0.660. The van der Waals surface area contributed by atoms with Gasteiger partial charge in [-0.05, 0) is 86.1 Å². The van der Waals surface area contributed by atoms with Gasteiger partial charge in [0.05, 0.1) is 12.1 Å². The third-order valence-corrected chi connectivity index (χ3v) is 6.64. The first-order valence-electron chi connectivity index (χ1n) is 10.5. The molecule has 2 aromatic rings. The number of hydrogen-bond donors (Lipinski definition) is 0. The number of methoxy groups -OCH3 is 1. The summed E-state index contributed by atoms with van der Waals surface area (Å²) in [5.41, 5.74) is 4.22. The van der Waals surface area contributed by atoms with Crippen molar-refractivity contribution in [2.24, 2.45) is 5.92 Å². The predicted octanol–water partition coefficient (Wildman–Crippen LogP) is 6.34. The maximum atomic E-state index is 13.3. The smallest absolute Gasteiger partial charge is 0.184 e. The van der Waals surface area contributed by atoms with Crippen LogP contribution in [0.15, 0.2) is 30.3 Å².